The molecule has 118 valence electrons. The lowest BCUT2D eigenvalue weighted by molar-refractivity contribution is -0.127. The van der Waals surface area contributed by atoms with Crippen LogP contribution in [-0.4, -0.2) is 22.9 Å². The van der Waals surface area contributed by atoms with E-state index in [0.717, 1.165) is 4.90 Å². The van der Waals surface area contributed by atoms with Crippen molar-refractivity contribution < 1.29 is 18.4 Å². The van der Waals surface area contributed by atoms with Gasteiger partial charge in [-0.3, -0.25) is 14.6 Å². The highest BCUT2D eigenvalue weighted by Gasteiger charge is 2.43. The molecule has 0 unspecified atom stereocenters. The second kappa shape index (κ2) is 5.79. The first-order valence-corrected chi connectivity index (χ1v) is 7.12. The Balaban J connectivity index is 1.89. The maximum Gasteiger partial charge on any atom is 0.332 e. The second-order valence-corrected chi connectivity index (χ2v) is 5.32. The fourth-order valence-electron chi connectivity index (χ4n) is 2.60. The van der Waals surface area contributed by atoms with Crippen molar-refractivity contribution in [3.63, 3.8) is 0 Å². The van der Waals surface area contributed by atoms with Crippen LogP contribution in [0.4, 0.5) is 19.3 Å². The summed E-state index contributed by atoms with van der Waals surface area (Å²) in [5.41, 5.74) is 0.690. The zero-order chi connectivity index (χ0) is 16.6. The van der Waals surface area contributed by atoms with Crippen molar-refractivity contribution in [1.82, 2.24) is 4.90 Å². The number of anilines is 1. The number of amides is 3. The molecule has 23 heavy (non-hydrogen) atoms. The van der Waals surface area contributed by atoms with Gasteiger partial charge in [-0.05, 0) is 37.3 Å². The van der Waals surface area contributed by atoms with Crippen LogP contribution in [0.5, 0.6) is 0 Å². The first-order chi connectivity index (χ1) is 11.0. The number of benzene rings is 2. The Morgan fingerprint density at radius 3 is 2.30 bits per heavy atom. The molecular weight excluding hydrogens is 302 g/mol. The van der Waals surface area contributed by atoms with Gasteiger partial charge < -0.3 is 0 Å². The number of nitrogens with zero attached hydrogens (tertiary/aromatic N) is 2. The van der Waals surface area contributed by atoms with Gasteiger partial charge in [-0.1, -0.05) is 18.2 Å². The van der Waals surface area contributed by atoms with Crippen LogP contribution in [0.25, 0.3) is 0 Å². The van der Waals surface area contributed by atoms with E-state index in [9.17, 15) is 18.4 Å². The van der Waals surface area contributed by atoms with Gasteiger partial charge in [0.2, 0.25) is 0 Å². The summed E-state index contributed by atoms with van der Waals surface area (Å²) in [6, 6.07) is 10.0. The molecule has 0 saturated carbocycles. The van der Waals surface area contributed by atoms with Crippen LogP contribution in [0.3, 0.4) is 0 Å². The molecule has 0 N–H and O–H groups in total. The number of rotatable bonds is 3. The number of hydrogen-bond acceptors (Lipinski definition) is 2. The van der Waals surface area contributed by atoms with Gasteiger partial charge in [0.25, 0.3) is 5.91 Å². The summed E-state index contributed by atoms with van der Waals surface area (Å²) in [5.74, 6) is -1.31. The van der Waals surface area contributed by atoms with E-state index >= 15 is 0 Å². The van der Waals surface area contributed by atoms with Crippen LogP contribution in [0, 0.1) is 11.6 Å². The number of imide groups is 1. The van der Waals surface area contributed by atoms with Gasteiger partial charge in [0.15, 0.2) is 0 Å². The molecule has 4 nitrogen and oxygen atoms in total. The predicted octanol–water partition coefficient (Wildman–Crippen LogP) is 3.32. The van der Waals surface area contributed by atoms with E-state index in [1.807, 2.05) is 0 Å². The molecule has 1 aliphatic heterocycles. The molecule has 1 fully saturated rings. The summed E-state index contributed by atoms with van der Waals surface area (Å²) in [4.78, 5) is 27.2. The van der Waals surface area contributed by atoms with Gasteiger partial charge in [-0.25, -0.2) is 13.6 Å². The Bertz CT molecular complexity index is 761. The van der Waals surface area contributed by atoms with Crippen LogP contribution in [0.2, 0.25) is 0 Å². The standard InChI is InChI=1S/C17H14F2N2O2/c1-11-16(22)20(10-12-4-2-3-5-15(12)19)17(23)21(11)14-8-6-13(18)7-9-14/h2-9,11H,10H2,1H3/t11-/m0/s1. The Kier molecular flexibility index (Phi) is 3.82. The number of halogens is 2. The Morgan fingerprint density at radius 2 is 1.65 bits per heavy atom. The molecule has 0 radical (unpaired) electrons. The molecule has 0 bridgehead atoms. The molecule has 6 heteroatoms. The number of hydrogen-bond donors (Lipinski definition) is 0. The minimum absolute atomic E-state index is 0.133. The summed E-state index contributed by atoms with van der Waals surface area (Å²) in [7, 11) is 0. The molecule has 1 atom stereocenters. The van der Waals surface area contributed by atoms with Crippen molar-refractivity contribution in [3.05, 3.63) is 65.7 Å². The number of urea groups is 1. The van der Waals surface area contributed by atoms with Crippen LogP contribution in [-0.2, 0) is 11.3 Å². The lowest BCUT2D eigenvalue weighted by Crippen LogP contribution is -2.33. The van der Waals surface area contributed by atoms with Crippen LogP contribution >= 0.6 is 0 Å². The SMILES string of the molecule is C[C@H]1C(=O)N(Cc2ccccc2F)C(=O)N1c1ccc(F)cc1. The summed E-state index contributed by atoms with van der Waals surface area (Å²) >= 11 is 0. The maximum atomic E-state index is 13.8. The highest BCUT2D eigenvalue weighted by atomic mass is 19.1. The van der Waals surface area contributed by atoms with E-state index in [2.05, 4.69) is 0 Å². The van der Waals surface area contributed by atoms with E-state index < -0.39 is 29.6 Å². The predicted molar refractivity (Wildman–Crippen MR) is 80.7 cm³/mol. The lowest BCUT2D eigenvalue weighted by atomic mass is 10.2. The van der Waals surface area contributed by atoms with Crippen molar-refractivity contribution in [2.75, 3.05) is 4.90 Å². The molecule has 0 aromatic heterocycles. The maximum absolute atomic E-state index is 13.8. The van der Waals surface area contributed by atoms with Gasteiger partial charge in [-0.15, -0.1) is 0 Å². The van der Waals surface area contributed by atoms with E-state index in [0.29, 0.717) is 5.69 Å². The molecule has 1 heterocycles. The van der Waals surface area contributed by atoms with E-state index in [1.165, 1.54) is 41.3 Å². The topological polar surface area (TPSA) is 40.6 Å². The molecule has 0 spiro atoms. The Morgan fingerprint density at radius 1 is 1.00 bits per heavy atom. The third-order valence-electron chi connectivity index (χ3n) is 3.84. The van der Waals surface area contributed by atoms with Crippen molar-refractivity contribution in [1.29, 1.82) is 0 Å². The zero-order valence-electron chi connectivity index (χ0n) is 12.4. The first kappa shape index (κ1) is 15.1. The van der Waals surface area contributed by atoms with Crippen molar-refractivity contribution >= 4 is 17.6 Å². The van der Waals surface area contributed by atoms with Crippen molar-refractivity contribution in [2.24, 2.45) is 0 Å². The van der Waals surface area contributed by atoms with Gasteiger partial charge in [-0.2, -0.15) is 0 Å². The second-order valence-electron chi connectivity index (χ2n) is 5.32. The van der Waals surface area contributed by atoms with Crippen molar-refractivity contribution in [2.45, 2.75) is 19.5 Å². The molecule has 0 aliphatic carbocycles. The molecule has 2 aromatic rings. The minimum atomic E-state index is -0.722. The fraction of sp³-hybridized carbons (Fsp3) is 0.176. The smallest absolute Gasteiger partial charge is 0.282 e. The van der Waals surface area contributed by atoms with Gasteiger partial charge >= 0.3 is 6.03 Å². The first-order valence-electron chi connectivity index (χ1n) is 7.12. The summed E-state index contributed by atoms with van der Waals surface area (Å²) < 4.78 is 26.8. The summed E-state index contributed by atoms with van der Waals surface area (Å²) in [5, 5.41) is 0. The third-order valence-corrected chi connectivity index (χ3v) is 3.84. The van der Waals surface area contributed by atoms with Crippen LogP contribution < -0.4 is 4.90 Å². The Labute approximate surface area is 131 Å². The zero-order valence-corrected chi connectivity index (χ0v) is 12.4. The van der Waals surface area contributed by atoms with Crippen LogP contribution in [0.15, 0.2) is 48.5 Å². The van der Waals surface area contributed by atoms with E-state index in [1.54, 1.807) is 19.1 Å². The largest absolute Gasteiger partial charge is 0.332 e. The average Bonchev–Trinajstić information content (AvgIpc) is 2.74. The Hall–Kier alpha value is -2.76. The molecule has 1 saturated heterocycles. The van der Waals surface area contributed by atoms with Gasteiger partial charge in [0.1, 0.15) is 17.7 Å². The van der Waals surface area contributed by atoms with Gasteiger partial charge in [0, 0.05) is 11.3 Å². The number of carbonyl (C=O) groups is 2. The molecule has 2 aromatic carbocycles. The van der Waals surface area contributed by atoms with Crippen molar-refractivity contribution in [3.8, 4) is 0 Å². The van der Waals surface area contributed by atoms with Gasteiger partial charge in [0.05, 0.1) is 6.54 Å². The summed E-state index contributed by atoms with van der Waals surface area (Å²) in [6.45, 7) is 1.46. The van der Waals surface area contributed by atoms with E-state index in [-0.39, 0.29) is 12.1 Å². The van der Waals surface area contributed by atoms with E-state index in [4.69, 9.17) is 0 Å². The highest BCUT2D eigenvalue weighted by molar-refractivity contribution is 6.13. The number of carbonyl (C=O) groups excluding carboxylic acids is 2. The summed E-state index contributed by atoms with van der Waals surface area (Å²) in [6.07, 6.45) is 0. The molecule has 3 amide bonds. The molecule has 1 aliphatic rings. The highest BCUT2D eigenvalue weighted by Crippen LogP contribution is 2.27. The fourth-order valence-corrected chi connectivity index (χ4v) is 2.60. The molecule has 3 rings (SSSR count). The minimum Gasteiger partial charge on any atom is -0.282 e. The quantitative estimate of drug-likeness (QED) is 0.815. The monoisotopic (exact) mass is 316 g/mol. The van der Waals surface area contributed by atoms with Crippen LogP contribution in [0.1, 0.15) is 12.5 Å². The average molecular weight is 316 g/mol. The lowest BCUT2D eigenvalue weighted by Gasteiger charge is -2.19. The third kappa shape index (κ3) is 2.67. The normalized spacial score (nSPS) is 18.0. The molecular formula is C17H14F2N2O2.